The molecule has 0 radical (unpaired) electrons. The van der Waals surface area contributed by atoms with E-state index in [4.69, 9.17) is 5.14 Å². The zero-order valence-corrected chi connectivity index (χ0v) is 16.1. The summed E-state index contributed by atoms with van der Waals surface area (Å²) in [6.07, 6.45) is 4.95. The van der Waals surface area contributed by atoms with Crippen molar-refractivity contribution in [2.24, 2.45) is 11.1 Å². The molecule has 25 heavy (non-hydrogen) atoms. The quantitative estimate of drug-likeness (QED) is 0.708. The SMILES string of the molecule is CC1CCc2c(sc3ncnc(NCc4ccc(S(N)(=O)=O)s4)c23)C1. The van der Waals surface area contributed by atoms with Gasteiger partial charge in [-0.1, -0.05) is 6.92 Å². The Balaban J connectivity index is 1.63. The largest absolute Gasteiger partial charge is 0.365 e. The molecular formula is C16H18N4O2S3. The molecule has 0 aliphatic heterocycles. The van der Waals surface area contributed by atoms with Gasteiger partial charge in [0.2, 0.25) is 10.0 Å². The summed E-state index contributed by atoms with van der Waals surface area (Å²) < 4.78 is 23.0. The number of nitrogens with two attached hydrogens (primary N) is 1. The average molecular weight is 395 g/mol. The van der Waals surface area contributed by atoms with Gasteiger partial charge < -0.3 is 5.32 Å². The first-order valence-corrected chi connectivity index (χ1v) is 11.2. The molecule has 6 nitrogen and oxygen atoms in total. The van der Waals surface area contributed by atoms with Crippen LogP contribution in [0.15, 0.2) is 22.7 Å². The minimum atomic E-state index is -3.64. The molecule has 132 valence electrons. The van der Waals surface area contributed by atoms with Gasteiger partial charge in [-0.2, -0.15) is 0 Å². The van der Waals surface area contributed by atoms with Gasteiger partial charge in [-0.3, -0.25) is 0 Å². The van der Waals surface area contributed by atoms with Crippen LogP contribution in [-0.2, 0) is 29.4 Å². The lowest BCUT2D eigenvalue weighted by atomic mass is 9.89. The van der Waals surface area contributed by atoms with Crippen LogP contribution in [0.5, 0.6) is 0 Å². The van der Waals surface area contributed by atoms with Crippen LogP contribution < -0.4 is 10.5 Å². The molecule has 0 fully saturated rings. The van der Waals surface area contributed by atoms with Crippen molar-refractivity contribution < 1.29 is 8.42 Å². The average Bonchev–Trinajstić information content (AvgIpc) is 3.16. The molecule has 3 aromatic heterocycles. The smallest absolute Gasteiger partial charge is 0.247 e. The van der Waals surface area contributed by atoms with Crippen molar-refractivity contribution >= 4 is 48.7 Å². The highest BCUT2D eigenvalue weighted by Crippen LogP contribution is 2.39. The van der Waals surface area contributed by atoms with E-state index >= 15 is 0 Å². The molecule has 0 amide bonds. The molecule has 3 N–H and O–H groups in total. The summed E-state index contributed by atoms with van der Waals surface area (Å²) in [7, 11) is -3.64. The molecule has 0 aromatic carbocycles. The fourth-order valence-corrected chi connectivity index (χ4v) is 6.25. The Labute approximate surface area is 154 Å². The third kappa shape index (κ3) is 3.29. The molecule has 9 heteroatoms. The summed E-state index contributed by atoms with van der Waals surface area (Å²) in [5.74, 6) is 1.54. The van der Waals surface area contributed by atoms with Crippen molar-refractivity contribution in [1.82, 2.24) is 9.97 Å². The summed E-state index contributed by atoms with van der Waals surface area (Å²) in [5, 5.41) is 9.64. The maximum absolute atomic E-state index is 11.4. The molecule has 4 rings (SSSR count). The second kappa shape index (κ2) is 6.31. The van der Waals surface area contributed by atoms with Gasteiger partial charge in [-0.25, -0.2) is 23.5 Å². The fourth-order valence-electron chi connectivity index (χ4n) is 3.19. The Morgan fingerprint density at radius 1 is 1.32 bits per heavy atom. The van der Waals surface area contributed by atoms with Crippen LogP contribution in [0.25, 0.3) is 10.2 Å². The lowest BCUT2D eigenvalue weighted by Crippen LogP contribution is -2.10. The van der Waals surface area contributed by atoms with Gasteiger partial charge in [0.05, 0.1) is 11.9 Å². The lowest BCUT2D eigenvalue weighted by Gasteiger charge is -2.18. The van der Waals surface area contributed by atoms with E-state index in [2.05, 4.69) is 22.2 Å². The first kappa shape index (κ1) is 16.9. The maximum Gasteiger partial charge on any atom is 0.247 e. The van der Waals surface area contributed by atoms with E-state index in [1.165, 1.54) is 28.2 Å². The highest BCUT2D eigenvalue weighted by atomic mass is 32.2. The third-order valence-corrected chi connectivity index (χ3v) is 8.13. The van der Waals surface area contributed by atoms with E-state index in [1.54, 1.807) is 29.8 Å². The maximum atomic E-state index is 11.4. The van der Waals surface area contributed by atoms with Gasteiger partial charge in [0.25, 0.3) is 0 Å². The Morgan fingerprint density at radius 3 is 2.92 bits per heavy atom. The molecule has 0 saturated heterocycles. The van der Waals surface area contributed by atoms with E-state index in [0.29, 0.717) is 12.5 Å². The Morgan fingerprint density at radius 2 is 2.16 bits per heavy atom. The number of sulfonamides is 1. The predicted octanol–water partition coefficient (Wildman–Crippen LogP) is 3.14. The second-order valence-electron chi connectivity index (χ2n) is 6.37. The molecule has 0 bridgehead atoms. The second-order valence-corrected chi connectivity index (χ2v) is 10.4. The number of thiophene rings is 2. The first-order valence-electron chi connectivity index (χ1n) is 8.02. The van der Waals surface area contributed by atoms with E-state index < -0.39 is 10.0 Å². The molecule has 1 unspecified atom stereocenters. The van der Waals surface area contributed by atoms with Crippen LogP contribution in [0.1, 0.15) is 28.7 Å². The van der Waals surface area contributed by atoms with Gasteiger partial charge in [0, 0.05) is 9.75 Å². The number of rotatable bonds is 4. The molecule has 3 heterocycles. The molecule has 3 aromatic rings. The summed E-state index contributed by atoms with van der Waals surface area (Å²) in [6.45, 7) is 2.80. The van der Waals surface area contributed by atoms with Crippen molar-refractivity contribution in [3.05, 3.63) is 33.8 Å². The van der Waals surface area contributed by atoms with Crippen molar-refractivity contribution in [3.8, 4) is 0 Å². The van der Waals surface area contributed by atoms with Gasteiger partial charge in [0.1, 0.15) is 21.2 Å². The molecule has 1 aliphatic carbocycles. The Bertz CT molecular complexity index is 1040. The van der Waals surface area contributed by atoms with Crippen molar-refractivity contribution in [1.29, 1.82) is 0 Å². The minimum absolute atomic E-state index is 0.180. The monoisotopic (exact) mass is 394 g/mol. The molecule has 1 aliphatic rings. The number of aromatic nitrogens is 2. The summed E-state index contributed by atoms with van der Waals surface area (Å²) >= 11 is 2.94. The van der Waals surface area contributed by atoms with E-state index in [0.717, 1.165) is 33.8 Å². The molecule has 0 spiro atoms. The number of aryl methyl sites for hydroxylation is 1. The Kier molecular flexibility index (Phi) is 4.27. The van der Waals surface area contributed by atoms with E-state index in [-0.39, 0.29) is 4.21 Å². The zero-order chi connectivity index (χ0) is 17.6. The van der Waals surface area contributed by atoms with Crippen LogP contribution in [0.3, 0.4) is 0 Å². The molecule has 1 atom stereocenters. The summed E-state index contributed by atoms with van der Waals surface area (Å²) in [4.78, 5) is 12.2. The van der Waals surface area contributed by atoms with Crippen LogP contribution >= 0.6 is 22.7 Å². The third-order valence-electron chi connectivity index (χ3n) is 4.44. The highest BCUT2D eigenvalue weighted by molar-refractivity contribution is 7.91. The highest BCUT2D eigenvalue weighted by Gasteiger charge is 2.23. The Hall–Kier alpha value is -1.55. The van der Waals surface area contributed by atoms with Crippen LogP contribution in [0.4, 0.5) is 5.82 Å². The predicted molar refractivity (Wildman–Crippen MR) is 102 cm³/mol. The van der Waals surface area contributed by atoms with Gasteiger partial charge >= 0.3 is 0 Å². The summed E-state index contributed by atoms with van der Waals surface area (Å²) in [5.41, 5.74) is 1.37. The number of hydrogen-bond donors (Lipinski definition) is 2. The number of anilines is 1. The normalized spacial score (nSPS) is 17.6. The number of nitrogens with zero attached hydrogens (tertiary/aromatic N) is 2. The summed E-state index contributed by atoms with van der Waals surface area (Å²) in [6, 6.07) is 3.32. The molecular weight excluding hydrogens is 376 g/mol. The van der Waals surface area contributed by atoms with Crippen molar-refractivity contribution in [3.63, 3.8) is 0 Å². The molecule has 0 saturated carbocycles. The van der Waals surface area contributed by atoms with Gasteiger partial charge in [0.15, 0.2) is 0 Å². The van der Waals surface area contributed by atoms with E-state index in [9.17, 15) is 8.42 Å². The minimum Gasteiger partial charge on any atom is -0.365 e. The van der Waals surface area contributed by atoms with Gasteiger partial charge in [-0.05, 0) is 42.9 Å². The standard InChI is InChI=1S/C16H18N4O2S3/c1-9-2-4-11-12(6-9)24-16-14(11)15(19-8-20-16)18-7-10-3-5-13(23-10)25(17,21)22/h3,5,8-9H,2,4,6-7H2,1H3,(H2,17,21,22)(H,18,19,20). The topological polar surface area (TPSA) is 98.0 Å². The fraction of sp³-hybridized carbons (Fsp3) is 0.375. The van der Waals surface area contributed by atoms with Crippen molar-refractivity contribution in [2.45, 2.75) is 36.9 Å². The van der Waals surface area contributed by atoms with Gasteiger partial charge in [-0.15, -0.1) is 22.7 Å². The number of fused-ring (bicyclic) bond motifs is 3. The number of nitrogens with one attached hydrogen (secondary N) is 1. The van der Waals surface area contributed by atoms with Crippen LogP contribution in [-0.4, -0.2) is 18.4 Å². The first-order chi connectivity index (χ1) is 11.9. The zero-order valence-electron chi connectivity index (χ0n) is 13.7. The van der Waals surface area contributed by atoms with Crippen LogP contribution in [0, 0.1) is 5.92 Å². The van der Waals surface area contributed by atoms with Crippen molar-refractivity contribution in [2.75, 3.05) is 5.32 Å². The number of primary sulfonamides is 1. The van der Waals surface area contributed by atoms with Crippen LogP contribution in [0.2, 0.25) is 0 Å². The lowest BCUT2D eigenvalue weighted by molar-refractivity contribution is 0.509. The number of hydrogen-bond acceptors (Lipinski definition) is 7. The van der Waals surface area contributed by atoms with E-state index in [1.807, 2.05) is 0 Å².